The number of aromatic nitrogens is 2. The SMILES string of the molecule is CCOc1cc(NCc2cccc(Cl)c2)nc(C)n1. The molecule has 0 aliphatic rings. The molecule has 0 aliphatic carbocycles. The van der Waals surface area contributed by atoms with Gasteiger partial charge < -0.3 is 10.1 Å². The summed E-state index contributed by atoms with van der Waals surface area (Å²) in [6.45, 7) is 5.01. The molecular formula is C14H16ClN3O. The standard InChI is InChI=1S/C14H16ClN3O/c1-3-19-14-8-13(17-10(2)18-14)16-9-11-5-4-6-12(15)7-11/h4-8H,3,9H2,1-2H3,(H,16,17,18). The molecule has 0 atom stereocenters. The van der Waals surface area contributed by atoms with Gasteiger partial charge in [-0.2, -0.15) is 4.98 Å². The molecule has 2 rings (SSSR count). The maximum atomic E-state index is 5.94. The van der Waals surface area contributed by atoms with E-state index in [0.29, 0.717) is 24.9 Å². The second-order valence-electron chi connectivity index (χ2n) is 4.06. The second kappa shape index (κ2) is 6.38. The van der Waals surface area contributed by atoms with Gasteiger partial charge in [-0.05, 0) is 31.5 Å². The third-order valence-corrected chi connectivity index (χ3v) is 2.70. The Morgan fingerprint density at radius 1 is 1.26 bits per heavy atom. The fourth-order valence-electron chi connectivity index (χ4n) is 1.69. The number of nitrogens with zero attached hydrogens (tertiary/aromatic N) is 2. The average molecular weight is 278 g/mol. The van der Waals surface area contributed by atoms with Crippen molar-refractivity contribution in [1.29, 1.82) is 0 Å². The molecular weight excluding hydrogens is 262 g/mol. The zero-order valence-electron chi connectivity index (χ0n) is 11.0. The Bertz CT molecular complexity index is 560. The van der Waals surface area contributed by atoms with Gasteiger partial charge in [0.25, 0.3) is 0 Å². The van der Waals surface area contributed by atoms with Crippen LogP contribution < -0.4 is 10.1 Å². The highest BCUT2D eigenvalue weighted by Crippen LogP contribution is 2.15. The lowest BCUT2D eigenvalue weighted by Gasteiger charge is -2.09. The molecule has 0 saturated heterocycles. The summed E-state index contributed by atoms with van der Waals surface area (Å²) in [6, 6.07) is 9.51. The van der Waals surface area contributed by atoms with Crippen molar-refractivity contribution in [2.24, 2.45) is 0 Å². The van der Waals surface area contributed by atoms with E-state index in [-0.39, 0.29) is 0 Å². The maximum Gasteiger partial charge on any atom is 0.218 e. The largest absolute Gasteiger partial charge is 0.478 e. The topological polar surface area (TPSA) is 47.0 Å². The van der Waals surface area contributed by atoms with Crippen LogP contribution in [0.5, 0.6) is 5.88 Å². The molecule has 1 heterocycles. The Kier molecular flexibility index (Phi) is 4.58. The smallest absolute Gasteiger partial charge is 0.218 e. The van der Waals surface area contributed by atoms with E-state index in [4.69, 9.17) is 16.3 Å². The molecule has 0 amide bonds. The third-order valence-electron chi connectivity index (χ3n) is 2.47. The Balaban J connectivity index is 2.06. The van der Waals surface area contributed by atoms with Crippen molar-refractivity contribution in [1.82, 2.24) is 9.97 Å². The van der Waals surface area contributed by atoms with Crippen molar-refractivity contribution in [2.45, 2.75) is 20.4 Å². The molecule has 0 aliphatic heterocycles. The zero-order chi connectivity index (χ0) is 13.7. The predicted octanol–water partition coefficient (Wildman–Crippen LogP) is 3.45. The van der Waals surface area contributed by atoms with Crippen LogP contribution in [-0.2, 0) is 6.54 Å². The van der Waals surface area contributed by atoms with Crippen LogP contribution in [0.3, 0.4) is 0 Å². The highest BCUT2D eigenvalue weighted by atomic mass is 35.5. The first-order valence-corrected chi connectivity index (χ1v) is 6.52. The van der Waals surface area contributed by atoms with E-state index in [1.54, 1.807) is 6.07 Å². The summed E-state index contributed by atoms with van der Waals surface area (Å²) < 4.78 is 5.39. The molecule has 19 heavy (non-hydrogen) atoms. The van der Waals surface area contributed by atoms with Gasteiger partial charge in [-0.15, -0.1) is 0 Å². The Labute approximate surface area is 117 Å². The van der Waals surface area contributed by atoms with Gasteiger partial charge in [0.05, 0.1) is 6.61 Å². The van der Waals surface area contributed by atoms with Crippen molar-refractivity contribution >= 4 is 17.4 Å². The lowest BCUT2D eigenvalue weighted by atomic mass is 10.2. The molecule has 0 radical (unpaired) electrons. The van der Waals surface area contributed by atoms with Gasteiger partial charge in [0, 0.05) is 17.6 Å². The number of hydrogen-bond acceptors (Lipinski definition) is 4. The number of ether oxygens (including phenoxy) is 1. The number of rotatable bonds is 5. The highest BCUT2D eigenvalue weighted by molar-refractivity contribution is 6.30. The van der Waals surface area contributed by atoms with E-state index in [0.717, 1.165) is 16.4 Å². The number of aryl methyl sites for hydroxylation is 1. The minimum atomic E-state index is 0.587. The minimum Gasteiger partial charge on any atom is -0.478 e. The highest BCUT2D eigenvalue weighted by Gasteiger charge is 2.02. The molecule has 1 N–H and O–H groups in total. The van der Waals surface area contributed by atoms with Crippen LogP contribution in [0.2, 0.25) is 5.02 Å². The molecule has 100 valence electrons. The van der Waals surface area contributed by atoms with Gasteiger partial charge in [0.1, 0.15) is 11.6 Å². The van der Waals surface area contributed by atoms with Crippen LogP contribution in [0.1, 0.15) is 18.3 Å². The van der Waals surface area contributed by atoms with Gasteiger partial charge in [0.15, 0.2) is 0 Å². The summed E-state index contributed by atoms with van der Waals surface area (Å²) in [5.41, 5.74) is 1.10. The lowest BCUT2D eigenvalue weighted by Crippen LogP contribution is -2.05. The Morgan fingerprint density at radius 3 is 2.84 bits per heavy atom. The normalized spacial score (nSPS) is 10.3. The van der Waals surface area contributed by atoms with E-state index < -0.39 is 0 Å². The monoisotopic (exact) mass is 277 g/mol. The Hall–Kier alpha value is -1.81. The molecule has 0 saturated carbocycles. The quantitative estimate of drug-likeness (QED) is 0.909. The van der Waals surface area contributed by atoms with Crippen molar-refractivity contribution in [2.75, 3.05) is 11.9 Å². The summed E-state index contributed by atoms with van der Waals surface area (Å²) in [4.78, 5) is 8.52. The number of benzene rings is 1. The predicted molar refractivity (Wildman–Crippen MR) is 76.7 cm³/mol. The Morgan fingerprint density at radius 2 is 2.11 bits per heavy atom. The molecule has 0 fully saturated rings. The van der Waals surface area contributed by atoms with Crippen LogP contribution >= 0.6 is 11.6 Å². The first-order valence-electron chi connectivity index (χ1n) is 6.14. The lowest BCUT2D eigenvalue weighted by molar-refractivity contribution is 0.325. The number of hydrogen-bond donors (Lipinski definition) is 1. The fourth-order valence-corrected chi connectivity index (χ4v) is 1.91. The first-order chi connectivity index (χ1) is 9.17. The third kappa shape index (κ3) is 4.10. The zero-order valence-corrected chi connectivity index (χ0v) is 11.7. The van der Waals surface area contributed by atoms with Gasteiger partial charge in [-0.25, -0.2) is 4.98 Å². The van der Waals surface area contributed by atoms with Crippen LogP contribution in [0.25, 0.3) is 0 Å². The van der Waals surface area contributed by atoms with E-state index >= 15 is 0 Å². The van der Waals surface area contributed by atoms with E-state index in [1.165, 1.54) is 0 Å². The minimum absolute atomic E-state index is 0.587. The number of nitrogens with one attached hydrogen (secondary N) is 1. The van der Waals surface area contributed by atoms with Gasteiger partial charge in [0.2, 0.25) is 5.88 Å². The number of halogens is 1. The van der Waals surface area contributed by atoms with Gasteiger partial charge >= 0.3 is 0 Å². The van der Waals surface area contributed by atoms with Crippen LogP contribution in [0, 0.1) is 6.92 Å². The molecule has 0 unspecified atom stereocenters. The second-order valence-corrected chi connectivity index (χ2v) is 4.49. The number of anilines is 1. The van der Waals surface area contributed by atoms with E-state index in [9.17, 15) is 0 Å². The summed E-state index contributed by atoms with van der Waals surface area (Å²) in [5, 5.41) is 3.97. The average Bonchev–Trinajstić information content (AvgIpc) is 2.36. The van der Waals surface area contributed by atoms with Crippen molar-refractivity contribution in [3.05, 3.63) is 46.7 Å². The van der Waals surface area contributed by atoms with Gasteiger partial charge in [-0.3, -0.25) is 0 Å². The fraction of sp³-hybridized carbons (Fsp3) is 0.286. The molecule has 1 aromatic carbocycles. The molecule has 0 bridgehead atoms. The van der Waals surface area contributed by atoms with Crippen LogP contribution in [0.4, 0.5) is 5.82 Å². The van der Waals surface area contributed by atoms with Crippen LogP contribution in [-0.4, -0.2) is 16.6 Å². The van der Waals surface area contributed by atoms with Crippen molar-refractivity contribution in [3.63, 3.8) is 0 Å². The summed E-state index contributed by atoms with van der Waals surface area (Å²) in [7, 11) is 0. The van der Waals surface area contributed by atoms with Crippen molar-refractivity contribution in [3.8, 4) is 5.88 Å². The molecule has 5 heteroatoms. The van der Waals surface area contributed by atoms with Crippen molar-refractivity contribution < 1.29 is 4.74 Å². The summed E-state index contributed by atoms with van der Waals surface area (Å²) >= 11 is 5.94. The van der Waals surface area contributed by atoms with E-state index in [1.807, 2.05) is 38.1 Å². The first kappa shape index (κ1) is 13.6. The van der Waals surface area contributed by atoms with Gasteiger partial charge in [-0.1, -0.05) is 23.7 Å². The molecule has 0 spiro atoms. The molecule has 2 aromatic rings. The molecule has 4 nitrogen and oxygen atoms in total. The maximum absolute atomic E-state index is 5.94. The molecule has 1 aromatic heterocycles. The summed E-state index contributed by atoms with van der Waals surface area (Å²) in [5.74, 6) is 2.01. The summed E-state index contributed by atoms with van der Waals surface area (Å²) in [6.07, 6.45) is 0. The van der Waals surface area contributed by atoms with Crippen LogP contribution in [0.15, 0.2) is 30.3 Å². The van der Waals surface area contributed by atoms with E-state index in [2.05, 4.69) is 15.3 Å².